The maximum absolute atomic E-state index is 11.9. The molecule has 19 heavy (non-hydrogen) atoms. The Morgan fingerprint density at radius 1 is 1.21 bits per heavy atom. The highest BCUT2D eigenvalue weighted by Crippen LogP contribution is 2.15. The van der Waals surface area contributed by atoms with Crippen molar-refractivity contribution in [2.24, 2.45) is 0 Å². The van der Waals surface area contributed by atoms with Crippen LogP contribution < -0.4 is 5.32 Å². The molecule has 0 saturated carbocycles. The van der Waals surface area contributed by atoms with Gasteiger partial charge in [0.15, 0.2) is 0 Å². The number of benzene rings is 2. The van der Waals surface area contributed by atoms with E-state index in [-0.39, 0.29) is 12.5 Å². The molecular weight excluding hydrogens is 242 g/mol. The van der Waals surface area contributed by atoms with Gasteiger partial charge < -0.3 is 15.5 Å². The Hall–Kier alpha value is -1.91. The van der Waals surface area contributed by atoms with Crippen molar-refractivity contribution in [3.05, 3.63) is 48.0 Å². The summed E-state index contributed by atoms with van der Waals surface area (Å²) in [4.78, 5) is 11.9. The average molecular weight is 259 g/mol. The molecule has 2 rings (SSSR count). The van der Waals surface area contributed by atoms with Crippen molar-refractivity contribution in [3.63, 3.8) is 0 Å². The summed E-state index contributed by atoms with van der Waals surface area (Å²) in [7, 11) is 0. The molecule has 0 aliphatic carbocycles. The van der Waals surface area contributed by atoms with E-state index in [0.717, 1.165) is 10.8 Å². The zero-order valence-electron chi connectivity index (χ0n) is 10.8. The topological polar surface area (TPSA) is 69.6 Å². The van der Waals surface area contributed by atoms with Gasteiger partial charge in [0.1, 0.15) is 5.60 Å². The predicted molar refractivity (Wildman–Crippen MR) is 74.0 cm³/mol. The highest BCUT2D eigenvalue weighted by molar-refractivity contribution is 5.98. The molecular formula is C15H17NO3. The van der Waals surface area contributed by atoms with Crippen molar-refractivity contribution in [1.82, 2.24) is 5.32 Å². The monoisotopic (exact) mass is 259 g/mol. The average Bonchev–Trinajstić information content (AvgIpc) is 2.44. The Morgan fingerprint density at radius 3 is 2.58 bits per heavy atom. The van der Waals surface area contributed by atoms with Crippen molar-refractivity contribution in [2.45, 2.75) is 12.5 Å². The molecule has 1 amide bonds. The first kappa shape index (κ1) is 13.5. The Labute approximate surface area is 111 Å². The highest BCUT2D eigenvalue weighted by atomic mass is 16.3. The molecule has 2 aromatic rings. The van der Waals surface area contributed by atoms with E-state index >= 15 is 0 Å². The van der Waals surface area contributed by atoms with Crippen LogP contribution in [-0.4, -0.2) is 34.9 Å². The lowest BCUT2D eigenvalue weighted by Gasteiger charge is -2.20. The molecule has 0 radical (unpaired) electrons. The van der Waals surface area contributed by atoms with Crippen LogP contribution in [0.25, 0.3) is 10.8 Å². The second-order valence-electron chi connectivity index (χ2n) is 4.90. The van der Waals surface area contributed by atoms with Crippen LogP contribution in [0.3, 0.4) is 0 Å². The normalized spacial score (nSPS) is 14.1. The molecule has 0 aromatic heterocycles. The predicted octanol–water partition coefficient (Wildman–Crippen LogP) is 1.31. The van der Waals surface area contributed by atoms with E-state index in [1.807, 2.05) is 30.3 Å². The summed E-state index contributed by atoms with van der Waals surface area (Å²) in [5.41, 5.74) is -0.764. The largest absolute Gasteiger partial charge is 0.393 e. The third-order valence-electron chi connectivity index (χ3n) is 2.98. The molecule has 0 spiro atoms. The van der Waals surface area contributed by atoms with E-state index in [1.54, 1.807) is 12.1 Å². The van der Waals surface area contributed by atoms with Crippen molar-refractivity contribution in [1.29, 1.82) is 0 Å². The van der Waals surface area contributed by atoms with Gasteiger partial charge in [0.2, 0.25) is 0 Å². The molecule has 3 N–H and O–H groups in total. The third-order valence-corrected chi connectivity index (χ3v) is 2.98. The van der Waals surface area contributed by atoms with Gasteiger partial charge in [-0.05, 0) is 29.8 Å². The second-order valence-corrected chi connectivity index (χ2v) is 4.90. The quantitative estimate of drug-likeness (QED) is 0.775. The lowest BCUT2D eigenvalue weighted by Crippen LogP contribution is -2.43. The van der Waals surface area contributed by atoms with Gasteiger partial charge in [0.05, 0.1) is 6.61 Å². The number of rotatable bonds is 4. The van der Waals surface area contributed by atoms with E-state index in [0.29, 0.717) is 5.56 Å². The van der Waals surface area contributed by atoms with Crippen molar-refractivity contribution >= 4 is 16.7 Å². The summed E-state index contributed by atoms with van der Waals surface area (Å²) >= 11 is 0. The van der Waals surface area contributed by atoms with Crippen LogP contribution in [-0.2, 0) is 0 Å². The molecule has 4 nitrogen and oxygen atoms in total. The van der Waals surface area contributed by atoms with E-state index in [2.05, 4.69) is 5.32 Å². The minimum atomic E-state index is -1.30. The standard InChI is InChI=1S/C15H17NO3/c1-15(19,10-17)9-16-14(18)13-7-6-11-4-2-3-5-12(11)8-13/h2-8,17,19H,9-10H2,1H3,(H,16,18). The van der Waals surface area contributed by atoms with Crippen LogP contribution in [0.2, 0.25) is 0 Å². The lowest BCUT2D eigenvalue weighted by atomic mass is 10.1. The molecule has 0 bridgehead atoms. The van der Waals surface area contributed by atoms with Gasteiger partial charge in [-0.15, -0.1) is 0 Å². The summed E-state index contributed by atoms with van der Waals surface area (Å²) in [6.07, 6.45) is 0. The van der Waals surface area contributed by atoms with Crippen LogP contribution in [0.4, 0.5) is 0 Å². The van der Waals surface area contributed by atoms with E-state index in [1.165, 1.54) is 6.92 Å². The van der Waals surface area contributed by atoms with Gasteiger partial charge in [0.25, 0.3) is 5.91 Å². The number of hydrogen-bond donors (Lipinski definition) is 3. The minimum Gasteiger partial charge on any atom is -0.393 e. The number of aliphatic hydroxyl groups is 2. The fraction of sp³-hybridized carbons (Fsp3) is 0.267. The smallest absolute Gasteiger partial charge is 0.251 e. The van der Waals surface area contributed by atoms with Gasteiger partial charge in [0, 0.05) is 12.1 Å². The maximum Gasteiger partial charge on any atom is 0.251 e. The first-order valence-electron chi connectivity index (χ1n) is 6.12. The molecule has 4 heteroatoms. The molecule has 100 valence electrons. The van der Waals surface area contributed by atoms with Crippen LogP contribution >= 0.6 is 0 Å². The van der Waals surface area contributed by atoms with Crippen LogP contribution in [0.15, 0.2) is 42.5 Å². The number of aliphatic hydroxyl groups excluding tert-OH is 1. The van der Waals surface area contributed by atoms with Gasteiger partial charge in [-0.2, -0.15) is 0 Å². The molecule has 0 heterocycles. The Balaban J connectivity index is 2.13. The van der Waals surface area contributed by atoms with E-state index < -0.39 is 12.2 Å². The van der Waals surface area contributed by atoms with Crippen LogP contribution in [0.1, 0.15) is 17.3 Å². The molecule has 2 aromatic carbocycles. The highest BCUT2D eigenvalue weighted by Gasteiger charge is 2.20. The van der Waals surface area contributed by atoms with Gasteiger partial charge in [-0.25, -0.2) is 0 Å². The van der Waals surface area contributed by atoms with Crippen molar-refractivity contribution in [2.75, 3.05) is 13.2 Å². The van der Waals surface area contributed by atoms with E-state index in [4.69, 9.17) is 5.11 Å². The Kier molecular flexibility index (Phi) is 3.83. The SMILES string of the molecule is CC(O)(CO)CNC(=O)c1ccc2ccccc2c1. The summed E-state index contributed by atoms with van der Waals surface area (Å²) in [6.45, 7) is 1.08. The van der Waals surface area contributed by atoms with Crippen LogP contribution in [0, 0.1) is 0 Å². The maximum atomic E-state index is 11.9. The molecule has 0 fully saturated rings. The van der Waals surface area contributed by atoms with Crippen molar-refractivity contribution in [3.8, 4) is 0 Å². The molecule has 1 atom stereocenters. The number of carbonyl (C=O) groups excluding carboxylic acids is 1. The Morgan fingerprint density at radius 2 is 1.89 bits per heavy atom. The fourth-order valence-corrected chi connectivity index (χ4v) is 1.76. The van der Waals surface area contributed by atoms with Crippen molar-refractivity contribution < 1.29 is 15.0 Å². The van der Waals surface area contributed by atoms with Gasteiger partial charge in [-0.1, -0.05) is 30.3 Å². The first-order chi connectivity index (χ1) is 9.02. The number of fused-ring (bicyclic) bond motifs is 1. The number of carbonyl (C=O) groups is 1. The fourth-order valence-electron chi connectivity index (χ4n) is 1.76. The number of hydrogen-bond acceptors (Lipinski definition) is 3. The zero-order chi connectivity index (χ0) is 13.9. The zero-order valence-corrected chi connectivity index (χ0v) is 10.8. The third kappa shape index (κ3) is 3.30. The van der Waals surface area contributed by atoms with Gasteiger partial charge in [-0.3, -0.25) is 4.79 Å². The van der Waals surface area contributed by atoms with Gasteiger partial charge >= 0.3 is 0 Å². The summed E-state index contributed by atoms with van der Waals surface area (Å²) < 4.78 is 0. The summed E-state index contributed by atoms with van der Waals surface area (Å²) in [5.74, 6) is -0.264. The lowest BCUT2D eigenvalue weighted by molar-refractivity contribution is 0.00320. The molecule has 0 aliphatic heterocycles. The molecule has 1 unspecified atom stereocenters. The summed E-state index contributed by atoms with van der Waals surface area (Å²) in [6, 6.07) is 13.2. The van der Waals surface area contributed by atoms with Crippen LogP contribution in [0.5, 0.6) is 0 Å². The molecule has 0 aliphatic rings. The first-order valence-corrected chi connectivity index (χ1v) is 6.12. The van der Waals surface area contributed by atoms with E-state index in [9.17, 15) is 9.90 Å². The minimum absolute atomic E-state index is 0.00909. The molecule has 0 saturated heterocycles. The Bertz CT molecular complexity index is 593. The number of amides is 1. The number of nitrogens with one attached hydrogen (secondary N) is 1. The second kappa shape index (κ2) is 5.38. The summed E-state index contributed by atoms with van der Waals surface area (Å²) in [5, 5.41) is 23.2.